The van der Waals surface area contributed by atoms with E-state index < -0.39 is 0 Å². The molecule has 0 saturated carbocycles. The van der Waals surface area contributed by atoms with Gasteiger partial charge in [0.2, 0.25) is 0 Å². The first-order valence-electron chi connectivity index (χ1n) is 8.53. The lowest BCUT2D eigenvalue weighted by Gasteiger charge is -2.33. The molecule has 2 saturated heterocycles. The van der Waals surface area contributed by atoms with Crippen molar-refractivity contribution >= 4 is 17.5 Å². The maximum absolute atomic E-state index is 12.5. The summed E-state index contributed by atoms with van der Waals surface area (Å²) in [6, 6.07) is 5.80. The Kier molecular flexibility index (Phi) is 5.57. The summed E-state index contributed by atoms with van der Waals surface area (Å²) in [5.74, 6) is -0.0503. The maximum Gasteiger partial charge on any atom is 0.253 e. The van der Waals surface area contributed by atoms with E-state index in [9.17, 15) is 4.79 Å². The van der Waals surface area contributed by atoms with Crippen LogP contribution in [-0.2, 0) is 4.74 Å². The number of halogens is 1. The Balaban J connectivity index is 1.49. The minimum absolute atomic E-state index is 0.0503. The lowest BCUT2D eigenvalue weighted by atomic mass is 10.0. The van der Waals surface area contributed by atoms with E-state index in [0.29, 0.717) is 16.7 Å². The van der Waals surface area contributed by atoms with E-state index in [4.69, 9.17) is 16.3 Å². The van der Waals surface area contributed by atoms with Gasteiger partial charge in [0.1, 0.15) is 0 Å². The molecule has 5 heteroatoms. The number of carbonyl (C=O) groups excluding carboxylic acids is 1. The monoisotopic (exact) mass is 336 g/mol. The topological polar surface area (TPSA) is 41.6 Å². The number of ether oxygens (including phenoxy) is 1. The molecule has 0 aromatic heterocycles. The van der Waals surface area contributed by atoms with Crippen LogP contribution in [0.5, 0.6) is 0 Å². The van der Waals surface area contributed by atoms with Crippen molar-refractivity contribution in [3.8, 4) is 0 Å². The van der Waals surface area contributed by atoms with Gasteiger partial charge >= 0.3 is 0 Å². The van der Waals surface area contributed by atoms with Crippen LogP contribution >= 0.6 is 11.6 Å². The Morgan fingerprint density at radius 2 is 2.13 bits per heavy atom. The predicted molar refractivity (Wildman–Crippen MR) is 92.1 cm³/mol. The van der Waals surface area contributed by atoms with Gasteiger partial charge in [-0.2, -0.15) is 0 Å². The van der Waals surface area contributed by atoms with Gasteiger partial charge in [0.25, 0.3) is 5.91 Å². The third kappa shape index (κ3) is 4.25. The summed E-state index contributed by atoms with van der Waals surface area (Å²) in [6.07, 6.45) is 4.76. The van der Waals surface area contributed by atoms with Crippen molar-refractivity contribution < 1.29 is 9.53 Å². The number of piperidine rings is 1. The second-order valence-corrected chi connectivity index (χ2v) is 7.02. The fourth-order valence-corrected chi connectivity index (χ4v) is 3.82. The number of aryl methyl sites for hydroxylation is 1. The third-order valence-electron chi connectivity index (χ3n) is 4.86. The van der Waals surface area contributed by atoms with Crippen LogP contribution in [0, 0.1) is 6.92 Å². The van der Waals surface area contributed by atoms with Crippen LogP contribution in [0.25, 0.3) is 0 Å². The Bertz CT molecular complexity index is 530. The molecule has 23 heavy (non-hydrogen) atoms. The zero-order chi connectivity index (χ0) is 16.2. The van der Waals surface area contributed by atoms with Crippen LogP contribution in [0.15, 0.2) is 18.2 Å². The number of nitrogens with one attached hydrogen (secondary N) is 1. The van der Waals surface area contributed by atoms with Crippen molar-refractivity contribution in [3.05, 3.63) is 34.3 Å². The molecule has 1 aromatic rings. The number of hydrogen-bond acceptors (Lipinski definition) is 3. The van der Waals surface area contributed by atoms with Crippen LogP contribution in [0.3, 0.4) is 0 Å². The van der Waals surface area contributed by atoms with E-state index in [1.54, 1.807) is 6.07 Å². The average molecular weight is 337 g/mol. The number of likely N-dealkylation sites (tertiary alicyclic amines) is 1. The standard InChI is InChI=1S/C18H25ClN2O2/c1-13-4-2-6-16(19)17(13)18(22)20-14-7-9-21(10-8-14)12-15-5-3-11-23-15/h2,4,6,14-15H,3,5,7-12H2,1H3,(H,20,22)/t15-/m0/s1. The molecule has 0 aliphatic carbocycles. The summed E-state index contributed by atoms with van der Waals surface area (Å²) in [5, 5.41) is 3.68. The van der Waals surface area contributed by atoms with Crippen molar-refractivity contribution in [1.29, 1.82) is 0 Å². The van der Waals surface area contributed by atoms with Crippen molar-refractivity contribution in [1.82, 2.24) is 10.2 Å². The van der Waals surface area contributed by atoms with Crippen LogP contribution < -0.4 is 5.32 Å². The molecule has 3 rings (SSSR count). The molecule has 2 fully saturated rings. The SMILES string of the molecule is Cc1cccc(Cl)c1C(=O)NC1CCN(C[C@@H]2CCCO2)CC1. The Hall–Kier alpha value is -1.10. The number of benzene rings is 1. The van der Waals surface area contributed by atoms with E-state index >= 15 is 0 Å². The first kappa shape index (κ1) is 16.7. The summed E-state index contributed by atoms with van der Waals surface area (Å²) < 4.78 is 5.71. The van der Waals surface area contributed by atoms with Crippen LogP contribution in [0.4, 0.5) is 0 Å². The second-order valence-electron chi connectivity index (χ2n) is 6.62. The maximum atomic E-state index is 12.5. The molecule has 126 valence electrons. The average Bonchev–Trinajstić information content (AvgIpc) is 3.02. The molecule has 1 N–H and O–H groups in total. The fraction of sp³-hybridized carbons (Fsp3) is 0.611. The molecule has 1 aromatic carbocycles. The molecule has 0 bridgehead atoms. The molecule has 1 atom stereocenters. The van der Waals surface area contributed by atoms with Gasteiger partial charge < -0.3 is 15.0 Å². The van der Waals surface area contributed by atoms with Crippen molar-refractivity contribution in [2.75, 3.05) is 26.2 Å². The molecule has 0 unspecified atom stereocenters. The summed E-state index contributed by atoms with van der Waals surface area (Å²) in [7, 11) is 0. The van der Waals surface area contributed by atoms with Gasteiger partial charge in [-0.05, 0) is 44.2 Å². The largest absolute Gasteiger partial charge is 0.377 e. The minimum Gasteiger partial charge on any atom is -0.377 e. The number of carbonyl (C=O) groups is 1. The molecular formula is C18H25ClN2O2. The Labute approximate surface area is 143 Å². The van der Waals surface area contributed by atoms with Gasteiger partial charge in [0.05, 0.1) is 16.7 Å². The molecule has 1 amide bonds. The molecule has 2 heterocycles. The molecule has 0 spiro atoms. The summed E-state index contributed by atoms with van der Waals surface area (Å²) in [5.41, 5.74) is 1.53. The quantitative estimate of drug-likeness (QED) is 0.919. The van der Waals surface area contributed by atoms with Gasteiger partial charge in [0, 0.05) is 32.3 Å². The summed E-state index contributed by atoms with van der Waals surface area (Å²) in [6.45, 7) is 5.91. The highest BCUT2D eigenvalue weighted by atomic mass is 35.5. The van der Waals surface area contributed by atoms with Crippen molar-refractivity contribution in [3.63, 3.8) is 0 Å². The summed E-state index contributed by atoms with van der Waals surface area (Å²) in [4.78, 5) is 14.9. The molecule has 0 radical (unpaired) electrons. The van der Waals surface area contributed by atoms with Crippen LogP contribution in [0.2, 0.25) is 5.02 Å². The van der Waals surface area contributed by atoms with Crippen molar-refractivity contribution in [2.24, 2.45) is 0 Å². The molecular weight excluding hydrogens is 312 g/mol. The highest BCUT2D eigenvalue weighted by Crippen LogP contribution is 2.21. The lowest BCUT2D eigenvalue weighted by molar-refractivity contribution is 0.0613. The van der Waals surface area contributed by atoms with Gasteiger partial charge in [0.15, 0.2) is 0 Å². The first-order chi connectivity index (χ1) is 11.1. The molecule has 2 aliphatic heterocycles. The number of amides is 1. The first-order valence-corrected chi connectivity index (χ1v) is 8.91. The number of hydrogen-bond donors (Lipinski definition) is 1. The number of rotatable bonds is 4. The summed E-state index contributed by atoms with van der Waals surface area (Å²) >= 11 is 6.18. The van der Waals surface area contributed by atoms with E-state index in [0.717, 1.165) is 44.6 Å². The van der Waals surface area contributed by atoms with E-state index in [1.165, 1.54) is 12.8 Å². The van der Waals surface area contributed by atoms with Gasteiger partial charge in [-0.3, -0.25) is 4.79 Å². The normalized spacial score (nSPS) is 23.1. The minimum atomic E-state index is -0.0503. The lowest BCUT2D eigenvalue weighted by Crippen LogP contribution is -2.46. The number of nitrogens with zero attached hydrogens (tertiary/aromatic N) is 1. The molecule has 2 aliphatic rings. The van der Waals surface area contributed by atoms with Gasteiger partial charge in [-0.25, -0.2) is 0 Å². The Morgan fingerprint density at radius 3 is 2.78 bits per heavy atom. The fourth-order valence-electron chi connectivity index (χ4n) is 3.51. The van der Waals surface area contributed by atoms with Crippen LogP contribution in [-0.4, -0.2) is 49.2 Å². The smallest absolute Gasteiger partial charge is 0.253 e. The van der Waals surface area contributed by atoms with Crippen molar-refractivity contribution in [2.45, 2.75) is 44.8 Å². The Morgan fingerprint density at radius 1 is 1.35 bits per heavy atom. The second kappa shape index (κ2) is 7.65. The van der Waals surface area contributed by atoms with Crippen LogP contribution in [0.1, 0.15) is 41.6 Å². The van der Waals surface area contributed by atoms with E-state index in [2.05, 4.69) is 10.2 Å². The predicted octanol–water partition coefficient (Wildman–Crippen LogP) is 3.02. The third-order valence-corrected chi connectivity index (χ3v) is 5.17. The zero-order valence-electron chi connectivity index (χ0n) is 13.7. The highest BCUT2D eigenvalue weighted by Gasteiger charge is 2.25. The highest BCUT2D eigenvalue weighted by molar-refractivity contribution is 6.34. The van der Waals surface area contributed by atoms with Gasteiger partial charge in [-0.15, -0.1) is 0 Å². The van der Waals surface area contributed by atoms with Gasteiger partial charge in [-0.1, -0.05) is 23.7 Å². The van der Waals surface area contributed by atoms with E-state index in [1.807, 2.05) is 19.1 Å². The molecule has 4 nitrogen and oxygen atoms in total. The zero-order valence-corrected chi connectivity index (χ0v) is 14.4. The van der Waals surface area contributed by atoms with E-state index in [-0.39, 0.29) is 11.9 Å².